The van der Waals surface area contributed by atoms with Gasteiger partial charge < -0.3 is 9.64 Å². The van der Waals surface area contributed by atoms with E-state index in [1.165, 1.54) is 12.0 Å². The maximum Gasteiger partial charge on any atom is 0.255 e. The number of amides is 1. The number of fused-ring (bicyclic) bond motifs is 1. The summed E-state index contributed by atoms with van der Waals surface area (Å²) in [5, 5.41) is 2.16. The second kappa shape index (κ2) is 8.02. The van der Waals surface area contributed by atoms with Gasteiger partial charge in [0.1, 0.15) is 0 Å². The predicted octanol–water partition coefficient (Wildman–Crippen LogP) is 5.54. The van der Waals surface area contributed by atoms with E-state index in [9.17, 15) is 4.79 Å². The molecule has 1 fully saturated rings. The molecule has 0 bridgehead atoms. The molecule has 0 aliphatic carbocycles. The highest BCUT2D eigenvalue weighted by atomic mass is 79.9. The first kappa shape index (κ1) is 19.1. The molecule has 28 heavy (non-hydrogen) atoms. The molecule has 0 spiro atoms. The molecule has 1 saturated heterocycles. The summed E-state index contributed by atoms with van der Waals surface area (Å²) in [6.45, 7) is 0.441. The van der Waals surface area contributed by atoms with E-state index in [1.807, 2.05) is 42.5 Å². The van der Waals surface area contributed by atoms with Gasteiger partial charge in [-0.1, -0.05) is 54.6 Å². The van der Waals surface area contributed by atoms with E-state index in [1.54, 1.807) is 24.3 Å². The van der Waals surface area contributed by atoms with Gasteiger partial charge >= 0.3 is 0 Å². The number of benzene rings is 3. The van der Waals surface area contributed by atoms with Crippen molar-refractivity contribution in [2.24, 2.45) is 0 Å². The topological polar surface area (TPSA) is 29.5 Å². The summed E-state index contributed by atoms with van der Waals surface area (Å²) in [7, 11) is 1.46. The number of likely N-dealkylation sites (tertiary alicyclic amines) is 1. The lowest BCUT2D eigenvalue weighted by molar-refractivity contribution is -0.0917. The Morgan fingerprint density at radius 1 is 1.07 bits per heavy atom. The SMILES string of the molecule is COC1C(F)C(c2ccc3ccccc3c2Br)CCN1C(=O)c1ccccc1. The maximum absolute atomic E-state index is 15.6. The predicted molar refractivity (Wildman–Crippen MR) is 112 cm³/mol. The van der Waals surface area contributed by atoms with Crippen molar-refractivity contribution in [2.75, 3.05) is 13.7 Å². The van der Waals surface area contributed by atoms with E-state index in [2.05, 4.69) is 15.9 Å². The van der Waals surface area contributed by atoms with Crippen molar-refractivity contribution < 1.29 is 13.9 Å². The van der Waals surface area contributed by atoms with Crippen LogP contribution in [-0.4, -0.2) is 36.9 Å². The summed E-state index contributed by atoms with van der Waals surface area (Å²) in [6.07, 6.45) is -1.69. The number of hydrogen-bond donors (Lipinski definition) is 0. The van der Waals surface area contributed by atoms with Crippen molar-refractivity contribution in [3.63, 3.8) is 0 Å². The molecule has 0 N–H and O–H groups in total. The first-order valence-electron chi connectivity index (χ1n) is 9.32. The molecule has 5 heteroatoms. The minimum Gasteiger partial charge on any atom is -0.358 e. The van der Waals surface area contributed by atoms with Crippen LogP contribution >= 0.6 is 15.9 Å². The van der Waals surface area contributed by atoms with Crippen molar-refractivity contribution in [3.05, 3.63) is 82.3 Å². The van der Waals surface area contributed by atoms with Gasteiger partial charge in [-0.3, -0.25) is 4.79 Å². The number of hydrogen-bond acceptors (Lipinski definition) is 2. The Morgan fingerprint density at radius 2 is 1.79 bits per heavy atom. The second-order valence-electron chi connectivity index (χ2n) is 7.02. The highest BCUT2D eigenvalue weighted by Gasteiger charge is 2.42. The molecule has 0 radical (unpaired) electrons. The average Bonchev–Trinajstić information content (AvgIpc) is 2.74. The minimum absolute atomic E-state index is 0.203. The standard InChI is InChI=1S/C23H21BrFNO2/c1-28-23-21(25)19(13-14-26(23)22(27)16-8-3-2-4-9-16)18-12-11-15-7-5-6-10-17(15)20(18)24/h2-12,19,21,23H,13-14H2,1H3. The van der Waals surface area contributed by atoms with Crippen molar-refractivity contribution in [1.29, 1.82) is 0 Å². The third kappa shape index (κ3) is 3.33. The van der Waals surface area contributed by atoms with Crippen molar-refractivity contribution in [3.8, 4) is 0 Å². The van der Waals surface area contributed by atoms with Crippen molar-refractivity contribution >= 4 is 32.6 Å². The number of carbonyl (C=O) groups excluding carboxylic acids is 1. The molecule has 3 unspecified atom stereocenters. The Balaban J connectivity index is 1.64. The Labute approximate surface area is 172 Å². The first-order valence-corrected chi connectivity index (χ1v) is 10.1. The first-order chi connectivity index (χ1) is 13.6. The second-order valence-corrected chi connectivity index (χ2v) is 7.81. The van der Waals surface area contributed by atoms with Gasteiger partial charge in [0.05, 0.1) is 0 Å². The summed E-state index contributed by atoms with van der Waals surface area (Å²) in [4.78, 5) is 14.4. The molecule has 3 atom stereocenters. The van der Waals surface area contributed by atoms with Crippen LogP contribution in [0.25, 0.3) is 10.8 Å². The van der Waals surface area contributed by atoms with Crippen molar-refractivity contribution in [1.82, 2.24) is 4.90 Å². The van der Waals surface area contributed by atoms with Crippen LogP contribution in [-0.2, 0) is 4.74 Å². The summed E-state index contributed by atoms with van der Waals surface area (Å²) in [5.41, 5.74) is 1.46. The van der Waals surface area contributed by atoms with Crippen LogP contribution in [0.1, 0.15) is 28.3 Å². The van der Waals surface area contributed by atoms with E-state index in [-0.39, 0.29) is 11.8 Å². The van der Waals surface area contributed by atoms with E-state index in [0.717, 1.165) is 20.8 Å². The van der Waals surface area contributed by atoms with Crippen LogP contribution in [0.5, 0.6) is 0 Å². The van der Waals surface area contributed by atoms with Gasteiger partial charge in [-0.2, -0.15) is 0 Å². The van der Waals surface area contributed by atoms with Crippen molar-refractivity contribution in [2.45, 2.75) is 24.7 Å². The van der Waals surface area contributed by atoms with Gasteiger partial charge in [0.2, 0.25) is 0 Å². The number of halogens is 2. The number of piperidine rings is 1. The number of carbonyl (C=O) groups is 1. The number of ether oxygens (including phenoxy) is 1. The number of nitrogens with zero attached hydrogens (tertiary/aromatic N) is 1. The number of rotatable bonds is 3. The molecule has 3 nitrogen and oxygen atoms in total. The van der Waals surface area contributed by atoms with Crippen LogP contribution in [0.2, 0.25) is 0 Å². The molecule has 144 valence electrons. The quantitative estimate of drug-likeness (QED) is 0.533. The van der Waals surface area contributed by atoms with E-state index >= 15 is 4.39 Å². The van der Waals surface area contributed by atoms with Gasteiger partial charge in [-0.05, 0) is 50.8 Å². The molecular weight excluding hydrogens is 421 g/mol. The normalized spacial score (nSPS) is 22.4. The summed E-state index contributed by atoms with van der Waals surface area (Å²) in [5.74, 6) is -0.546. The molecule has 1 aliphatic heterocycles. The largest absolute Gasteiger partial charge is 0.358 e. The fraction of sp³-hybridized carbons (Fsp3) is 0.261. The summed E-state index contributed by atoms with van der Waals surface area (Å²) < 4.78 is 21.9. The smallest absolute Gasteiger partial charge is 0.255 e. The lowest BCUT2D eigenvalue weighted by Crippen LogP contribution is -2.53. The van der Waals surface area contributed by atoms with Gasteiger partial charge in [-0.15, -0.1) is 0 Å². The molecule has 4 rings (SSSR count). The Hall–Kier alpha value is -2.24. The molecule has 0 saturated carbocycles. The lowest BCUT2D eigenvalue weighted by atomic mass is 9.85. The molecule has 3 aromatic carbocycles. The zero-order valence-electron chi connectivity index (χ0n) is 15.5. The van der Waals surface area contributed by atoms with Crippen LogP contribution in [0.15, 0.2) is 71.2 Å². The van der Waals surface area contributed by atoms with E-state index in [0.29, 0.717) is 18.5 Å². The fourth-order valence-electron chi connectivity index (χ4n) is 4.02. The maximum atomic E-state index is 15.6. The van der Waals surface area contributed by atoms with Gasteiger partial charge in [-0.25, -0.2) is 4.39 Å². The highest BCUT2D eigenvalue weighted by Crippen LogP contribution is 2.40. The van der Waals surface area contributed by atoms with Crippen LogP contribution < -0.4 is 0 Å². The molecule has 1 amide bonds. The third-order valence-corrected chi connectivity index (χ3v) is 6.35. The third-order valence-electron chi connectivity index (χ3n) is 5.46. The van der Waals surface area contributed by atoms with Gasteiger partial charge in [0, 0.05) is 29.6 Å². The molecule has 3 aromatic rings. The van der Waals surface area contributed by atoms with Crippen LogP contribution in [0.3, 0.4) is 0 Å². The molecule has 1 heterocycles. The zero-order valence-corrected chi connectivity index (χ0v) is 17.1. The highest BCUT2D eigenvalue weighted by molar-refractivity contribution is 9.10. The van der Waals surface area contributed by atoms with Gasteiger partial charge in [0.25, 0.3) is 5.91 Å². The monoisotopic (exact) mass is 441 g/mol. The summed E-state index contributed by atoms with van der Waals surface area (Å²) >= 11 is 3.68. The molecule has 0 aromatic heterocycles. The molecule has 1 aliphatic rings. The Kier molecular flexibility index (Phi) is 5.47. The Morgan fingerprint density at radius 3 is 2.54 bits per heavy atom. The summed E-state index contributed by atoms with van der Waals surface area (Å²) in [6, 6.07) is 21.0. The average molecular weight is 442 g/mol. The van der Waals surface area contributed by atoms with E-state index < -0.39 is 12.4 Å². The Bertz CT molecular complexity index is 994. The molecular formula is C23H21BrFNO2. The van der Waals surface area contributed by atoms with E-state index in [4.69, 9.17) is 4.74 Å². The van der Waals surface area contributed by atoms with Crippen LogP contribution in [0, 0.1) is 0 Å². The fourth-order valence-corrected chi connectivity index (χ4v) is 4.81. The minimum atomic E-state index is -1.32. The number of methoxy groups -OCH3 is 1. The van der Waals surface area contributed by atoms with Crippen LogP contribution in [0.4, 0.5) is 4.39 Å². The lowest BCUT2D eigenvalue weighted by Gasteiger charge is -2.41. The van der Waals surface area contributed by atoms with Gasteiger partial charge in [0.15, 0.2) is 12.4 Å². The number of alkyl halides is 1. The zero-order chi connectivity index (χ0) is 19.7.